The number of halogens is 3. The molecule has 1 saturated heterocycles. The van der Waals surface area contributed by atoms with Gasteiger partial charge in [-0.1, -0.05) is 0 Å². The third-order valence-electron chi connectivity index (χ3n) is 5.39. The lowest BCUT2D eigenvalue weighted by atomic mass is 9.97. The standard InChI is InChI=1S/C22H22F3NO5/c1-13-9-17-16(11-20(28)31-18(17)10-14(13)2)12-30-21(29)15-3-6-26(7-4-15)8-5-19(27)22(23,24)25/h5,8-11,15H,3-4,6-7,12H2,1-2H3. The minimum absolute atomic E-state index is 0.0797. The van der Waals surface area contributed by atoms with Crippen LogP contribution in [0.5, 0.6) is 0 Å². The molecule has 0 amide bonds. The predicted molar refractivity (Wildman–Crippen MR) is 106 cm³/mol. The summed E-state index contributed by atoms with van der Waals surface area (Å²) in [5.41, 5.74) is 2.43. The van der Waals surface area contributed by atoms with Crippen molar-refractivity contribution >= 4 is 22.7 Å². The van der Waals surface area contributed by atoms with E-state index in [9.17, 15) is 27.6 Å². The zero-order valence-electron chi connectivity index (χ0n) is 17.1. The van der Waals surface area contributed by atoms with E-state index in [1.165, 1.54) is 6.07 Å². The number of benzene rings is 1. The number of nitrogens with zero attached hydrogens (tertiary/aromatic N) is 1. The molecule has 1 aromatic carbocycles. The highest BCUT2D eigenvalue weighted by Crippen LogP contribution is 2.24. The Labute approximate surface area is 176 Å². The molecule has 1 aliphatic rings. The average molecular weight is 437 g/mol. The maximum atomic E-state index is 12.5. The van der Waals surface area contributed by atoms with E-state index >= 15 is 0 Å². The topological polar surface area (TPSA) is 76.8 Å². The lowest BCUT2D eigenvalue weighted by Crippen LogP contribution is -2.34. The fraction of sp³-hybridized carbons (Fsp3) is 0.409. The molecule has 0 saturated carbocycles. The van der Waals surface area contributed by atoms with Crippen LogP contribution in [0.25, 0.3) is 11.0 Å². The fourth-order valence-electron chi connectivity index (χ4n) is 3.42. The third-order valence-corrected chi connectivity index (χ3v) is 5.39. The minimum Gasteiger partial charge on any atom is -0.461 e. The number of piperidine rings is 1. The molecule has 166 valence electrons. The number of carbonyl (C=O) groups excluding carboxylic acids is 2. The largest absolute Gasteiger partial charge is 0.461 e. The molecule has 1 aromatic heterocycles. The van der Waals surface area contributed by atoms with Crippen molar-refractivity contribution in [1.29, 1.82) is 0 Å². The number of likely N-dealkylation sites (tertiary alicyclic amines) is 1. The first-order chi connectivity index (χ1) is 14.5. The Hall–Kier alpha value is -3.10. The summed E-state index contributed by atoms with van der Waals surface area (Å²) in [4.78, 5) is 36.8. The maximum Gasteiger partial charge on any atom is 0.454 e. The lowest BCUT2D eigenvalue weighted by molar-refractivity contribution is -0.165. The van der Waals surface area contributed by atoms with Crippen LogP contribution in [0.4, 0.5) is 13.2 Å². The van der Waals surface area contributed by atoms with E-state index in [2.05, 4.69) is 0 Å². The second-order valence-electron chi connectivity index (χ2n) is 7.62. The summed E-state index contributed by atoms with van der Waals surface area (Å²) in [6, 6.07) is 4.95. The second-order valence-corrected chi connectivity index (χ2v) is 7.62. The summed E-state index contributed by atoms with van der Waals surface area (Å²) in [6.45, 7) is 4.42. The number of allylic oxidation sites excluding steroid dienone is 1. The van der Waals surface area contributed by atoms with Gasteiger partial charge in [0.1, 0.15) is 12.2 Å². The Morgan fingerprint density at radius 2 is 1.81 bits per heavy atom. The van der Waals surface area contributed by atoms with Crippen molar-refractivity contribution in [3.8, 4) is 0 Å². The number of esters is 1. The number of alkyl halides is 3. The summed E-state index contributed by atoms with van der Waals surface area (Å²) < 4.78 is 47.4. The van der Waals surface area contributed by atoms with Crippen LogP contribution in [0.3, 0.4) is 0 Å². The van der Waals surface area contributed by atoms with E-state index in [-0.39, 0.29) is 6.61 Å². The van der Waals surface area contributed by atoms with Gasteiger partial charge in [0.2, 0.25) is 0 Å². The number of rotatable bonds is 5. The molecule has 6 nitrogen and oxygen atoms in total. The number of ether oxygens (including phenoxy) is 1. The number of fused-ring (bicyclic) bond motifs is 1. The number of hydrogen-bond donors (Lipinski definition) is 0. The Kier molecular flexibility index (Phi) is 6.52. The Morgan fingerprint density at radius 1 is 1.16 bits per heavy atom. The molecule has 31 heavy (non-hydrogen) atoms. The summed E-state index contributed by atoms with van der Waals surface area (Å²) in [6.07, 6.45) is -2.51. The van der Waals surface area contributed by atoms with Gasteiger partial charge >= 0.3 is 17.8 Å². The fourth-order valence-corrected chi connectivity index (χ4v) is 3.42. The SMILES string of the molecule is Cc1cc2oc(=O)cc(COC(=O)C3CCN(C=CC(=O)C(F)(F)F)CC3)c2cc1C. The van der Waals surface area contributed by atoms with Crippen LogP contribution in [0.15, 0.2) is 39.7 Å². The molecule has 2 aromatic rings. The third kappa shape index (κ3) is 5.53. The Bertz CT molecular complexity index is 1080. The molecule has 0 atom stereocenters. The first-order valence-electron chi connectivity index (χ1n) is 9.78. The van der Waals surface area contributed by atoms with Gasteiger partial charge in [0.15, 0.2) is 0 Å². The van der Waals surface area contributed by atoms with Crippen LogP contribution in [-0.2, 0) is 20.9 Å². The van der Waals surface area contributed by atoms with E-state index in [1.54, 1.807) is 11.0 Å². The Balaban J connectivity index is 1.59. The normalized spacial score (nSPS) is 15.6. The molecule has 0 N–H and O–H groups in total. The molecule has 0 bridgehead atoms. The average Bonchev–Trinajstić information content (AvgIpc) is 2.71. The lowest BCUT2D eigenvalue weighted by Gasteiger charge is -2.29. The summed E-state index contributed by atoms with van der Waals surface area (Å²) in [5, 5.41) is 0.699. The van der Waals surface area contributed by atoms with E-state index in [1.807, 2.05) is 19.9 Å². The van der Waals surface area contributed by atoms with Crippen molar-refractivity contribution in [2.24, 2.45) is 5.92 Å². The number of carbonyl (C=O) groups is 2. The highest BCUT2D eigenvalue weighted by atomic mass is 19.4. The van der Waals surface area contributed by atoms with E-state index in [4.69, 9.17) is 9.15 Å². The first kappa shape index (κ1) is 22.6. The van der Waals surface area contributed by atoms with Gasteiger partial charge in [-0.15, -0.1) is 0 Å². The van der Waals surface area contributed by atoms with Crippen molar-refractivity contribution in [3.05, 3.63) is 57.6 Å². The number of hydrogen-bond acceptors (Lipinski definition) is 6. The summed E-state index contributed by atoms with van der Waals surface area (Å²) in [7, 11) is 0. The smallest absolute Gasteiger partial charge is 0.454 e. The molecule has 0 spiro atoms. The maximum absolute atomic E-state index is 12.5. The highest BCUT2D eigenvalue weighted by Gasteiger charge is 2.36. The van der Waals surface area contributed by atoms with Gasteiger partial charge in [-0.3, -0.25) is 9.59 Å². The zero-order valence-corrected chi connectivity index (χ0v) is 17.1. The van der Waals surface area contributed by atoms with Crippen molar-refractivity contribution in [2.75, 3.05) is 13.1 Å². The zero-order chi connectivity index (χ0) is 22.8. The van der Waals surface area contributed by atoms with Crippen LogP contribution < -0.4 is 5.63 Å². The molecular weight excluding hydrogens is 415 g/mol. The molecule has 3 rings (SSSR count). The predicted octanol–water partition coefficient (Wildman–Crippen LogP) is 3.81. The van der Waals surface area contributed by atoms with Crippen LogP contribution >= 0.6 is 0 Å². The molecular formula is C22H22F3NO5. The van der Waals surface area contributed by atoms with Crippen LogP contribution in [0, 0.1) is 19.8 Å². The van der Waals surface area contributed by atoms with Gasteiger partial charge in [-0.05, 0) is 49.9 Å². The van der Waals surface area contributed by atoms with Crippen molar-refractivity contribution in [3.63, 3.8) is 0 Å². The monoisotopic (exact) mass is 437 g/mol. The molecule has 2 heterocycles. The van der Waals surface area contributed by atoms with E-state index in [0.717, 1.165) is 17.3 Å². The highest BCUT2D eigenvalue weighted by molar-refractivity contribution is 5.94. The molecule has 1 aliphatic heterocycles. The number of ketones is 1. The van der Waals surface area contributed by atoms with E-state index in [0.29, 0.717) is 48.5 Å². The van der Waals surface area contributed by atoms with Crippen LogP contribution in [-0.4, -0.2) is 35.9 Å². The van der Waals surface area contributed by atoms with Gasteiger partial charge in [0.05, 0.1) is 5.92 Å². The van der Waals surface area contributed by atoms with Crippen molar-refractivity contribution in [2.45, 2.75) is 39.5 Å². The second kappa shape index (κ2) is 8.95. The number of aryl methyl sites for hydroxylation is 2. The van der Waals surface area contributed by atoms with Crippen LogP contribution in [0.1, 0.15) is 29.5 Å². The summed E-state index contributed by atoms with van der Waals surface area (Å²) in [5.74, 6) is -2.75. The van der Waals surface area contributed by atoms with Gasteiger partial charge in [0.25, 0.3) is 5.78 Å². The van der Waals surface area contributed by atoms with Crippen molar-refractivity contribution < 1.29 is 31.9 Å². The van der Waals surface area contributed by atoms with Gasteiger partial charge in [0, 0.05) is 42.4 Å². The van der Waals surface area contributed by atoms with Crippen LogP contribution in [0.2, 0.25) is 0 Å². The molecule has 0 aliphatic carbocycles. The van der Waals surface area contributed by atoms with Crippen molar-refractivity contribution in [1.82, 2.24) is 4.90 Å². The van der Waals surface area contributed by atoms with E-state index < -0.39 is 29.5 Å². The first-order valence-corrected chi connectivity index (χ1v) is 9.78. The summed E-state index contributed by atoms with van der Waals surface area (Å²) >= 11 is 0. The van der Waals surface area contributed by atoms with Gasteiger partial charge in [-0.25, -0.2) is 4.79 Å². The minimum atomic E-state index is -4.89. The molecule has 0 radical (unpaired) electrons. The van der Waals surface area contributed by atoms with Gasteiger partial charge < -0.3 is 14.1 Å². The Morgan fingerprint density at radius 3 is 2.45 bits per heavy atom. The molecule has 0 unspecified atom stereocenters. The quantitative estimate of drug-likeness (QED) is 0.402. The van der Waals surface area contributed by atoms with Gasteiger partial charge in [-0.2, -0.15) is 13.2 Å². The molecule has 9 heteroatoms. The molecule has 1 fully saturated rings.